The van der Waals surface area contributed by atoms with E-state index in [0.29, 0.717) is 52.6 Å². The normalized spacial score (nSPS) is 17.4. The summed E-state index contributed by atoms with van der Waals surface area (Å²) in [5.41, 5.74) is 1.66. The molecular weight excluding hydrogens is 596 g/mol. The van der Waals surface area contributed by atoms with Crippen molar-refractivity contribution in [2.24, 2.45) is 9.78 Å². The van der Waals surface area contributed by atoms with E-state index < -0.39 is 46.4 Å². The van der Waals surface area contributed by atoms with Gasteiger partial charge in [-0.15, -0.1) is 0 Å². The predicted molar refractivity (Wildman–Crippen MR) is 149 cm³/mol. The maximum absolute atomic E-state index is 14.1. The zero-order valence-corrected chi connectivity index (χ0v) is 24.1. The molecule has 5 rings (SSSR count). The molecule has 3 heterocycles. The van der Waals surface area contributed by atoms with E-state index in [9.17, 15) is 31.4 Å². The molecule has 1 aromatic heterocycles. The number of amides is 2. The van der Waals surface area contributed by atoms with Crippen LogP contribution in [0.5, 0.6) is 5.75 Å². The number of fused-ring (bicyclic) bond motifs is 1. The Balaban J connectivity index is 1.35. The molecule has 2 aliphatic heterocycles. The predicted octanol–water partition coefficient (Wildman–Crippen LogP) is 4.45. The first-order chi connectivity index (χ1) is 20.2. The molecule has 2 aliphatic rings. The summed E-state index contributed by atoms with van der Waals surface area (Å²) in [5.74, 6) is -0.777. The summed E-state index contributed by atoms with van der Waals surface area (Å²) in [4.78, 5) is 33.9. The lowest BCUT2D eigenvalue weighted by molar-refractivity contribution is -0.142. The van der Waals surface area contributed by atoms with Gasteiger partial charge in [0.2, 0.25) is 0 Å². The van der Waals surface area contributed by atoms with Crippen LogP contribution < -0.4 is 15.4 Å². The molecule has 2 aromatic carbocycles. The molecule has 16 heteroatoms. The highest BCUT2D eigenvalue weighted by atomic mass is 32.2. The lowest BCUT2D eigenvalue weighted by Gasteiger charge is -2.55. The Hall–Kier alpha value is -4.21. The van der Waals surface area contributed by atoms with Gasteiger partial charge in [-0.3, -0.25) is 4.79 Å². The smallest absolute Gasteiger partial charge is 0.409 e. The highest BCUT2D eigenvalue weighted by Gasteiger charge is 2.56. The summed E-state index contributed by atoms with van der Waals surface area (Å²) >= 11 is 0. The SMILES string of the molecule is COC(=O)N1CC2(C1)CS(=O)(=Nc1cc(C)c3c(Nc4ccc(F)cc4O[C@H](C)C(=O)NCC(F)(F)F)ncnc3c1)C2. The first-order valence-corrected chi connectivity index (χ1v) is 14.9. The van der Waals surface area contributed by atoms with Crippen molar-refractivity contribution < 1.29 is 40.8 Å². The number of carbonyl (C=O) groups excluding carboxylic acids is 2. The van der Waals surface area contributed by atoms with Crippen molar-refractivity contribution in [1.82, 2.24) is 20.2 Å². The molecule has 3 aromatic rings. The van der Waals surface area contributed by atoms with Crippen LogP contribution >= 0.6 is 0 Å². The van der Waals surface area contributed by atoms with Gasteiger partial charge in [0.05, 0.1) is 33.7 Å². The van der Waals surface area contributed by atoms with Gasteiger partial charge >= 0.3 is 12.3 Å². The van der Waals surface area contributed by atoms with Crippen molar-refractivity contribution in [2.45, 2.75) is 26.1 Å². The third kappa shape index (κ3) is 6.58. The molecular formula is C27H28F4N6O5S. The Labute approximate surface area is 244 Å². The van der Waals surface area contributed by atoms with E-state index in [1.807, 2.05) is 0 Å². The van der Waals surface area contributed by atoms with Gasteiger partial charge in [0.1, 0.15) is 30.3 Å². The summed E-state index contributed by atoms with van der Waals surface area (Å²) in [6.07, 6.45) is -5.08. The molecule has 1 spiro atoms. The monoisotopic (exact) mass is 624 g/mol. The quantitative estimate of drug-likeness (QED) is 0.369. The third-order valence-electron chi connectivity index (χ3n) is 7.07. The Bertz CT molecular complexity index is 1710. The number of methoxy groups -OCH3 is 1. The molecule has 1 atom stereocenters. The Kier molecular flexibility index (Phi) is 7.83. The van der Waals surface area contributed by atoms with Gasteiger partial charge in [-0.1, -0.05) is 0 Å². The molecule has 2 fully saturated rings. The number of alkyl halides is 3. The minimum absolute atomic E-state index is 0.122. The van der Waals surface area contributed by atoms with Crippen LogP contribution in [0.15, 0.2) is 41.0 Å². The second-order valence-corrected chi connectivity index (χ2v) is 13.0. The van der Waals surface area contributed by atoms with Crippen LogP contribution in [0.25, 0.3) is 10.9 Å². The number of benzene rings is 2. The Morgan fingerprint density at radius 2 is 1.91 bits per heavy atom. The van der Waals surface area contributed by atoms with Gasteiger partial charge in [-0.25, -0.2) is 23.4 Å². The summed E-state index contributed by atoms with van der Waals surface area (Å²) in [5, 5.41) is 5.35. The fourth-order valence-electron chi connectivity index (χ4n) is 5.30. The Morgan fingerprint density at radius 3 is 2.58 bits per heavy atom. The van der Waals surface area contributed by atoms with Gasteiger partial charge in [0.25, 0.3) is 5.91 Å². The highest BCUT2D eigenvalue weighted by molar-refractivity contribution is 7.95. The summed E-state index contributed by atoms with van der Waals surface area (Å²) in [7, 11) is -1.19. The molecule has 43 heavy (non-hydrogen) atoms. The van der Waals surface area contributed by atoms with Crippen LogP contribution in [0.4, 0.5) is 39.5 Å². The van der Waals surface area contributed by atoms with E-state index in [4.69, 9.17) is 9.47 Å². The number of ether oxygens (including phenoxy) is 2. The van der Waals surface area contributed by atoms with Crippen LogP contribution in [0, 0.1) is 18.2 Å². The fourth-order valence-corrected chi connectivity index (χ4v) is 8.11. The number of nitrogens with zero attached hydrogens (tertiary/aromatic N) is 4. The minimum Gasteiger partial charge on any atom is -0.479 e. The van der Waals surface area contributed by atoms with E-state index in [-0.39, 0.29) is 16.9 Å². The van der Waals surface area contributed by atoms with E-state index in [1.54, 1.807) is 29.3 Å². The van der Waals surface area contributed by atoms with Crippen LogP contribution in [0.1, 0.15) is 12.5 Å². The van der Waals surface area contributed by atoms with Crippen LogP contribution in [-0.2, 0) is 19.3 Å². The average molecular weight is 625 g/mol. The van der Waals surface area contributed by atoms with Gasteiger partial charge in [0.15, 0.2) is 6.10 Å². The first kappa shape index (κ1) is 30.3. The number of aryl methyl sites for hydroxylation is 1. The largest absolute Gasteiger partial charge is 0.479 e. The lowest BCUT2D eigenvalue weighted by atomic mass is 9.83. The molecule has 0 saturated carbocycles. The van der Waals surface area contributed by atoms with Crippen molar-refractivity contribution in [2.75, 3.05) is 43.6 Å². The second-order valence-electron chi connectivity index (χ2n) is 10.7. The van der Waals surface area contributed by atoms with Crippen molar-refractivity contribution >= 4 is 49.8 Å². The number of hydrogen-bond donors (Lipinski definition) is 2. The molecule has 0 unspecified atom stereocenters. The topological polar surface area (TPSA) is 135 Å². The minimum atomic E-state index is -4.60. The summed E-state index contributed by atoms with van der Waals surface area (Å²) in [6, 6.07) is 6.90. The number of halogens is 4. The number of carbonyl (C=O) groups is 2. The van der Waals surface area contributed by atoms with Crippen molar-refractivity contribution in [3.8, 4) is 5.75 Å². The number of anilines is 2. The number of nitrogens with one attached hydrogen (secondary N) is 2. The Morgan fingerprint density at radius 1 is 1.19 bits per heavy atom. The fraction of sp³-hybridized carbons (Fsp3) is 0.407. The van der Waals surface area contributed by atoms with E-state index >= 15 is 0 Å². The van der Waals surface area contributed by atoms with Gasteiger partial charge < -0.3 is 25.0 Å². The van der Waals surface area contributed by atoms with Crippen LogP contribution in [-0.4, -0.2) is 81.6 Å². The maximum atomic E-state index is 14.1. The zero-order valence-electron chi connectivity index (χ0n) is 23.3. The third-order valence-corrected chi connectivity index (χ3v) is 9.74. The van der Waals surface area contributed by atoms with Gasteiger partial charge in [0, 0.05) is 41.5 Å². The average Bonchev–Trinajstić information content (AvgIpc) is 2.89. The molecule has 11 nitrogen and oxygen atoms in total. The lowest BCUT2D eigenvalue weighted by Crippen LogP contribution is -2.69. The number of rotatable bonds is 7. The maximum Gasteiger partial charge on any atom is 0.409 e. The number of hydrogen-bond acceptors (Lipinski definition) is 9. The van der Waals surface area contributed by atoms with E-state index in [0.717, 1.165) is 12.1 Å². The van der Waals surface area contributed by atoms with Gasteiger partial charge in [-0.2, -0.15) is 17.5 Å². The van der Waals surface area contributed by atoms with Crippen LogP contribution in [0.3, 0.4) is 0 Å². The van der Waals surface area contributed by atoms with Crippen molar-refractivity contribution in [1.29, 1.82) is 0 Å². The van der Waals surface area contributed by atoms with Crippen LogP contribution in [0.2, 0.25) is 0 Å². The van der Waals surface area contributed by atoms with E-state index in [1.165, 1.54) is 26.4 Å². The number of likely N-dealkylation sites (tertiary alicyclic amines) is 1. The number of aromatic nitrogens is 2. The highest BCUT2D eigenvalue weighted by Crippen LogP contribution is 2.44. The summed E-state index contributed by atoms with van der Waals surface area (Å²) in [6.45, 7) is 2.47. The molecule has 0 bridgehead atoms. The second kappa shape index (κ2) is 11.1. The molecule has 230 valence electrons. The first-order valence-electron chi connectivity index (χ1n) is 13.1. The molecule has 0 aliphatic carbocycles. The van der Waals surface area contributed by atoms with Crippen molar-refractivity contribution in [3.05, 3.63) is 48.0 Å². The molecule has 0 radical (unpaired) electrons. The zero-order chi connectivity index (χ0) is 31.2. The summed E-state index contributed by atoms with van der Waals surface area (Å²) < 4.78 is 79.6. The van der Waals surface area contributed by atoms with Crippen molar-refractivity contribution in [3.63, 3.8) is 0 Å². The molecule has 2 amide bonds. The standard InChI is InChI=1S/C27H28F4N6O5S/c1-15-6-18(36-43(40)12-26(13-43)10-37(11-26)25(39)41-3)8-20-22(15)23(34-14-33-20)35-19-5-4-17(28)7-21(19)42-16(2)24(38)32-9-27(29,30)31/h4-8,14,16H,9-13H2,1-3H3,(H,32,38)(H,33,34,35)/t16-/m1/s1. The molecule has 2 saturated heterocycles. The molecule has 2 N–H and O–H groups in total. The van der Waals surface area contributed by atoms with E-state index in [2.05, 4.69) is 19.6 Å². The van der Waals surface area contributed by atoms with Gasteiger partial charge in [-0.05, 0) is 43.7 Å².